The van der Waals surface area contributed by atoms with Gasteiger partial charge >= 0.3 is 6.03 Å². The van der Waals surface area contributed by atoms with Crippen molar-refractivity contribution in [2.75, 3.05) is 26.7 Å². The van der Waals surface area contributed by atoms with Crippen molar-refractivity contribution < 1.29 is 4.79 Å². The van der Waals surface area contributed by atoms with Crippen LogP contribution in [0.2, 0.25) is 0 Å². The third-order valence-electron chi connectivity index (χ3n) is 4.35. The van der Waals surface area contributed by atoms with E-state index in [0.717, 1.165) is 25.1 Å². The molecule has 0 aliphatic heterocycles. The van der Waals surface area contributed by atoms with Gasteiger partial charge in [0.2, 0.25) is 0 Å². The molecule has 0 bridgehead atoms. The number of nitrogens with one attached hydrogen (secondary N) is 1. The number of hydrogen-bond acceptors (Lipinski definition) is 2. The smallest absolute Gasteiger partial charge is 0.318 e. The lowest BCUT2D eigenvalue weighted by Gasteiger charge is -2.22. The Hall–Kier alpha value is -2.77. The number of benzene rings is 2. The van der Waals surface area contributed by atoms with Gasteiger partial charge in [-0.05, 0) is 38.1 Å². The van der Waals surface area contributed by atoms with Gasteiger partial charge in [-0.15, -0.1) is 6.42 Å². The molecule has 4 heteroatoms. The van der Waals surface area contributed by atoms with Crippen LogP contribution in [0.4, 0.5) is 4.79 Å². The summed E-state index contributed by atoms with van der Waals surface area (Å²) in [5.74, 6) is 2.57. The van der Waals surface area contributed by atoms with Gasteiger partial charge in [0.05, 0.1) is 6.54 Å². The van der Waals surface area contributed by atoms with Crippen molar-refractivity contribution in [2.24, 2.45) is 0 Å². The number of amides is 2. The van der Waals surface area contributed by atoms with Crippen LogP contribution in [0.3, 0.4) is 0 Å². The Labute approximate surface area is 163 Å². The number of hydrogen-bond donors (Lipinski definition) is 1. The molecule has 0 unspecified atom stereocenters. The zero-order valence-corrected chi connectivity index (χ0v) is 16.3. The van der Waals surface area contributed by atoms with Gasteiger partial charge in [-0.1, -0.05) is 66.1 Å². The Morgan fingerprint density at radius 1 is 1.04 bits per heavy atom. The second-order valence-corrected chi connectivity index (χ2v) is 6.85. The standard InChI is InChI=1S/C23H29N3O/c1-4-16-26(19-22-13-11-20(2)12-14-22)23(27)24-15-8-17-25(3)18-21-9-6-5-7-10-21/h1,5-7,9-14H,8,15-19H2,2-3H3,(H,24,27). The van der Waals surface area contributed by atoms with Crippen LogP contribution in [0, 0.1) is 19.3 Å². The Morgan fingerprint density at radius 2 is 1.70 bits per heavy atom. The Bertz CT molecular complexity index is 734. The average Bonchev–Trinajstić information content (AvgIpc) is 2.67. The Kier molecular flexibility index (Phi) is 8.41. The molecule has 0 saturated carbocycles. The number of nitrogens with zero attached hydrogens (tertiary/aromatic N) is 2. The summed E-state index contributed by atoms with van der Waals surface area (Å²) < 4.78 is 0. The second kappa shape index (κ2) is 11.1. The molecule has 0 atom stereocenters. The molecule has 142 valence electrons. The molecule has 0 aromatic heterocycles. The molecule has 0 spiro atoms. The summed E-state index contributed by atoms with van der Waals surface area (Å²) in [4.78, 5) is 16.4. The lowest BCUT2D eigenvalue weighted by atomic mass is 10.1. The Morgan fingerprint density at radius 3 is 2.37 bits per heavy atom. The van der Waals surface area contributed by atoms with Crippen molar-refractivity contribution in [3.05, 3.63) is 71.3 Å². The summed E-state index contributed by atoms with van der Waals surface area (Å²) in [6.07, 6.45) is 6.33. The van der Waals surface area contributed by atoms with E-state index in [1.165, 1.54) is 11.1 Å². The summed E-state index contributed by atoms with van der Waals surface area (Å²) in [6, 6.07) is 18.4. The molecule has 2 rings (SSSR count). The summed E-state index contributed by atoms with van der Waals surface area (Å²) in [5.41, 5.74) is 3.57. The van der Waals surface area contributed by atoms with Crippen LogP contribution in [0.25, 0.3) is 0 Å². The summed E-state index contributed by atoms with van der Waals surface area (Å²) >= 11 is 0. The zero-order valence-electron chi connectivity index (χ0n) is 16.3. The molecular weight excluding hydrogens is 334 g/mol. The highest BCUT2D eigenvalue weighted by atomic mass is 16.2. The fourth-order valence-electron chi connectivity index (χ4n) is 2.85. The molecule has 2 amide bonds. The van der Waals surface area contributed by atoms with E-state index < -0.39 is 0 Å². The van der Waals surface area contributed by atoms with Gasteiger partial charge in [-0.2, -0.15) is 0 Å². The fourth-order valence-corrected chi connectivity index (χ4v) is 2.85. The van der Waals surface area contributed by atoms with E-state index in [-0.39, 0.29) is 6.03 Å². The van der Waals surface area contributed by atoms with Gasteiger partial charge in [0.15, 0.2) is 0 Å². The maximum Gasteiger partial charge on any atom is 0.318 e. The van der Waals surface area contributed by atoms with Crippen LogP contribution in [0.1, 0.15) is 23.1 Å². The summed E-state index contributed by atoms with van der Waals surface area (Å²) in [6.45, 7) is 5.32. The predicted octanol–water partition coefficient (Wildman–Crippen LogP) is 3.66. The molecule has 0 aliphatic rings. The van der Waals surface area contributed by atoms with E-state index in [2.05, 4.69) is 47.5 Å². The van der Waals surface area contributed by atoms with Crippen molar-refractivity contribution in [1.82, 2.24) is 15.1 Å². The van der Waals surface area contributed by atoms with Crippen LogP contribution < -0.4 is 5.32 Å². The van der Waals surface area contributed by atoms with Crippen molar-refractivity contribution in [3.8, 4) is 12.3 Å². The molecule has 1 N–H and O–H groups in total. The number of rotatable bonds is 9. The van der Waals surface area contributed by atoms with Crippen molar-refractivity contribution in [1.29, 1.82) is 0 Å². The van der Waals surface area contributed by atoms with Gasteiger partial charge in [0.1, 0.15) is 0 Å². The first-order valence-electron chi connectivity index (χ1n) is 9.32. The van der Waals surface area contributed by atoms with E-state index in [4.69, 9.17) is 6.42 Å². The van der Waals surface area contributed by atoms with E-state index in [0.29, 0.717) is 19.6 Å². The lowest BCUT2D eigenvalue weighted by Crippen LogP contribution is -2.40. The van der Waals surface area contributed by atoms with Crippen LogP contribution in [-0.4, -0.2) is 42.5 Å². The zero-order chi connectivity index (χ0) is 19.5. The van der Waals surface area contributed by atoms with Gasteiger partial charge < -0.3 is 15.1 Å². The predicted molar refractivity (Wildman–Crippen MR) is 111 cm³/mol. The molecule has 4 nitrogen and oxygen atoms in total. The van der Waals surface area contributed by atoms with Gasteiger partial charge in [-0.25, -0.2) is 4.79 Å². The first-order chi connectivity index (χ1) is 13.1. The number of aryl methyl sites for hydroxylation is 1. The lowest BCUT2D eigenvalue weighted by molar-refractivity contribution is 0.201. The third-order valence-corrected chi connectivity index (χ3v) is 4.35. The third kappa shape index (κ3) is 7.55. The molecule has 0 radical (unpaired) electrons. The molecule has 2 aromatic rings. The normalized spacial score (nSPS) is 10.4. The monoisotopic (exact) mass is 363 g/mol. The van der Waals surface area contributed by atoms with Crippen LogP contribution >= 0.6 is 0 Å². The van der Waals surface area contributed by atoms with E-state index in [1.807, 2.05) is 37.3 Å². The Balaban J connectivity index is 1.73. The molecule has 0 aliphatic carbocycles. The number of carbonyl (C=O) groups is 1. The van der Waals surface area contributed by atoms with Gasteiger partial charge in [-0.3, -0.25) is 0 Å². The van der Waals surface area contributed by atoms with Gasteiger partial charge in [0, 0.05) is 19.6 Å². The SMILES string of the molecule is C#CCN(Cc1ccc(C)cc1)C(=O)NCCCN(C)Cc1ccccc1. The van der Waals surface area contributed by atoms with Crippen LogP contribution in [0.15, 0.2) is 54.6 Å². The van der Waals surface area contributed by atoms with Crippen LogP contribution in [-0.2, 0) is 13.1 Å². The largest absolute Gasteiger partial charge is 0.338 e. The molecule has 0 heterocycles. The first-order valence-corrected chi connectivity index (χ1v) is 9.32. The minimum atomic E-state index is -0.112. The van der Waals surface area contributed by atoms with Crippen LogP contribution in [0.5, 0.6) is 0 Å². The van der Waals surface area contributed by atoms with E-state index in [9.17, 15) is 4.79 Å². The number of urea groups is 1. The van der Waals surface area contributed by atoms with E-state index >= 15 is 0 Å². The van der Waals surface area contributed by atoms with E-state index in [1.54, 1.807) is 4.90 Å². The average molecular weight is 364 g/mol. The second-order valence-electron chi connectivity index (χ2n) is 6.85. The summed E-state index contributed by atoms with van der Waals surface area (Å²) in [7, 11) is 2.09. The minimum Gasteiger partial charge on any atom is -0.338 e. The van der Waals surface area contributed by atoms with Crippen molar-refractivity contribution in [3.63, 3.8) is 0 Å². The minimum absolute atomic E-state index is 0.112. The molecular formula is C23H29N3O. The maximum atomic E-state index is 12.4. The topological polar surface area (TPSA) is 35.6 Å². The number of carbonyl (C=O) groups excluding carboxylic acids is 1. The highest BCUT2D eigenvalue weighted by molar-refractivity contribution is 5.74. The fraction of sp³-hybridized carbons (Fsp3) is 0.348. The molecule has 0 saturated heterocycles. The molecule has 0 fully saturated rings. The van der Waals surface area contributed by atoms with Gasteiger partial charge in [0.25, 0.3) is 0 Å². The quantitative estimate of drug-likeness (QED) is 0.545. The first kappa shape index (κ1) is 20.5. The highest BCUT2D eigenvalue weighted by Gasteiger charge is 2.12. The summed E-state index contributed by atoms with van der Waals surface area (Å²) in [5, 5.41) is 2.98. The molecule has 27 heavy (non-hydrogen) atoms. The molecule has 2 aromatic carbocycles. The van der Waals surface area contributed by atoms with Crippen molar-refractivity contribution >= 4 is 6.03 Å². The maximum absolute atomic E-state index is 12.4. The van der Waals surface area contributed by atoms with Crippen molar-refractivity contribution in [2.45, 2.75) is 26.4 Å². The number of terminal acetylenes is 1. The highest BCUT2D eigenvalue weighted by Crippen LogP contribution is 2.07.